The third-order valence-electron chi connectivity index (χ3n) is 3.53. The molecule has 1 saturated carbocycles. The van der Waals surface area contributed by atoms with Crippen molar-refractivity contribution in [3.05, 3.63) is 28.7 Å². The summed E-state index contributed by atoms with van der Waals surface area (Å²) in [4.78, 5) is 36.8. The summed E-state index contributed by atoms with van der Waals surface area (Å²) >= 11 is 0. The summed E-state index contributed by atoms with van der Waals surface area (Å²) in [7, 11) is 0. The standard InChI is InChI=1S/C15H17N3O4/c19-13(2-1-7-16-14(20)9-3-4-9)17-10-5-6-12-11(8-10)18-15(21)22-12/h5-6,8-9H,1-4,7H2,(H,16,20)(H,17,19)(H,18,21). The molecule has 0 atom stereocenters. The topological polar surface area (TPSA) is 104 Å². The Kier molecular flexibility index (Phi) is 3.95. The fraction of sp³-hybridized carbons (Fsp3) is 0.400. The zero-order valence-electron chi connectivity index (χ0n) is 12.0. The summed E-state index contributed by atoms with van der Waals surface area (Å²) in [5, 5.41) is 5.57. The summed E-state index contributed by atoms with van der Waals surface area (Å²) < 4.78 is 4.89. The molecule has 1 heterocycles. The number of carbonyl (C=O) groups is 2. The molecule has 2 aromatic rings. The third kappa shape index (κ3) is 3.55. The highest BCUT2D eigenvalue weighted by atomic mass is 16.4. The monoisotopic (exact) mass is 303 g/mol. The Morgan fingerprint density at radius 2 is 2.14 bits per heavy atom. The van der Waals surface area contributed by atoms with Crippen LogP contribution in [0, 0.1) is 5.92 Å². The van der Waals surface area contributed by atoms with Gasteiger partial charge in [0.15, 0.2) is 5.58 Å². The molecule has 0 radical (unpaired) electrons. The number of anilines is 1. The average Bonchev–Trinajstić information content (AvgIpc) is 3.25. The lowest BCUT2D eigenvalue weighted by molar-refractivity contribution is -0.122. The van der Waals surface area contributed by atoms with E-state index >= 15 is 0 Å². The molecule has 0 saturated heterocycles. The molecule has 1 aromatic heterocycles. The minimum absolute atomic E-state index is 0.0924. The molecule has 0 spiro atoms. The molecule has 1 fully saturated rings. The highest BCUT2D eigenvalue weighted by molar-refractivity contribution is 5.92. The number of hydrogen-bond acceptors (Lipinski definition) is 4. The average molecular weight is 303 g/mol. The molecule has 0 aliphatic heterocycles. The number of benzene rings is 1. The van der Waals surface area contributed by atoms with Crippen LogP contribution >= 0.6 is 0 Å². The predicted molar refractivity (Wildman–Crippen MR) is 80.4 cm³/mol. The van der Waals surface area contributed by atoms with Crippen LogP contribution in [-0.2, 0) is 9.59 Å². The van der Waals surface area contributed by atoms with Crippen molar-refractivity contribution >= 4 is 28.6 Å². The quantitative estimate of drug-likeness (QED) is 0.701. The van der Waals surface area contributed by atoms with Gasteiger partial charge in [-0.25, -0.2) is 4.79 Å². The zero-order valence-corrected chi connectivity index (χ0v) is 12.0. The molecule has 2 amide bonds. The van der Waals surface area contributed by atoms with Crippen LogP contribution < -0.4 is 16.4 Å². The summed E-state index contributed by atoms with van der Waals surface area (Å²) in [6.07, 6.45) is 2.87. The minimum Gasteiger partial charge on any atom is -0.408 e. The lowest BCUT2D eigenvalue weighted by Gasteiger charge is -2.06. The summed E-state index contributed by atoms with van der Waals surface area (Å²) in [5.41, 5.74) is 1.59. The Hall–Kier alpha value is -2.57. The molecule has 7 heteroatoms. The number of aromatic nitrogens is 1. The van der Waals surface area contributed by atoms with E-state index in [0.29, 0.717) is 36.2 Å². The molecule has 1 aliphatic carbocycles. The van der Waals surface area contributed by atoms with Crippen LogP contribution in [0.4, 0.5) is 5.69 Å². The van der Waals surface area contributed by atoms with Gasteiger partial charge in [0.1, 0.15) is 0 Å². The van der Waals surface area contributed by atoms with Crippen LogP contribution in [0.15, 0.2) is 27.4 Å². The number of carbonyl (C=O) groups excluding carboxylic acids is 2. The number of hydrogen-bond donors (Lipinski definition) is 3. The van der Waals surface area contributed by atoms with Crippen molar-refractivity contribution in [1.82, 2.24) is 10.3 Å². The van der Waals surface area contributed by atoms with Crippen LogP contribution in [0.3, 0.4) is 0 Å². The largest absolute Gasteiger partial charge is 0.417 e. The van der Waals surface area contributed by atoms with Crippen LogP contribution in [0.5, 0.6) is 0 Å². The molecule has 7 nitrogen and oxygen atoms in total. The molecular formula is C15H17N3O4. The van der Waals surface area contributed by atoms with Crippen LogP contribution in [0.1, 0.15) is 25.7 Å². The molecule has 0 bridgehead atoms. The van der Waals surface area contributed by atoms with Crippen LogP contribution in [0.25, 0.3) is 11.1 Å². The second-order valence-electron chi connectivity index (χ2n) is 5.44. The van der Waals surface area contributed by atoms with Gasteiger partial charge in [0.25, 0.3) is 0 Å². The van der Waals surface area contributed by atoms with E-state index in [1.807, 2.05) is 0 Å². The van der Waals surface area contributed by atoms with E-state index in [4.69, 9.17) is 4.42 Å². The summed E-state index contributed by atoms with van der Waals surface area (Å²) in [5.74, 6) is -0.372. The maximum Gasteiger partial charge on any atom is 0.417 e. The van der Waals surface area contributed by atoms with Crippen molar-refractivity contribution in [1.29, 1.82) is 0 Å². The minimum atomic E-state index is -0.523. The molecular weight excluding hydrogens is 286 g/mol. The Balaban J connectivity index is 1.45. The van der Waals surface area contributed by atoms with E-state index in [1.165, 1.54) is 0 Å². The first-order valence-corrected chi connectivity index (χ1v) is 7.32. The third-order valence-corrected chi connectivity index (χ3v) is 3.53. The SMILES string of the molecule is O=C(CCCNC(=O)C1CC1)Nc1ccc2oc(=O)[nH]c2c1. The first kappa shape index (κ1) is 14.4. The van der Waals surface area contributed by atoms with Gasteiger partial charge in [0, 0.05) is 24.6 Å². The van der Waals surface area contributed by atoms with E-state index in [2.05, 4.69) is 15.6 Å². The normalized spacial score (nSPS) is 14.0. The van der Waals surface area contributed by atoms with Gasteiger partial charge in [0.2, 0.25) is 11.8 Å². The number of nitrogens with one attached hydrogen (secondary N) is 3. The Bertz CT molecular complexity index is 757. The fourth-order valence-corrected chi connectivity index (χ4v) is 2.20. The van der Waals surface area contributed by atoms with Crippen molar-refractivity contribution in [2.24, 2.45) is 5.92 Å². The fourth-order valence-electron chi connectivity index (χ4n) is 2.20. The number of amides is 2. The zero-order chi connectivity index (χ0) is 15.5. The second-order valence-corrected chi connectivity index (χ2v) is 5.44. The van der Waals surface area contributed by atoms with Crippen molar-refractivity contribution in [2.45, 2.75) is 25.7 Å². The van der Waals surface area contributed by atoms with Gasteiger partial charge in [-0.15, -0.1) is 0 Å². The van der Waals surface area contributed by atoms with Gasteiger partial charge in [-0.1, -0.05) is 0 Å². The van der Waals surface area contributed by atoms with Gasteiger partial charge < -0.3 is 15.1 Å². The van der Waals surface area contributed by atoms with Gasteiger partial charge in [-0.3, -0.25) is 14.6 Å². The summed E-state index contributed by atoms with van der Waals surface area (Å²) in [6.45, 7) is 0.511. The van der Waals surface area contributed by atoms with Crippen molar-refractivity contribution in [2.75, 3.05) is 11.9 Å². The Morgan fingerprint density at radius 3 is 2.91 bits per heavy atom. The van der Waals surface area contributed by atoms with Crippen LogP contribution in [-0.4, -0.2) is 23.3 Å². The lowest BCUT2D eigenvalue weighted by atomic mass is 10.2. The van der Waals surface area contributed by atoms with Crippen molar-refractivity contribution in [3.63, 3.8) is 0 Å². The van der Waals surface area contributed by atoms with E-state index < -0.39 is 5.76 Å². The van der Waals surface area contributed by atoms with E-state index in [-0.39, 0.29) is 17.7 Å². The smallest absolute Gasteiger partial charge is 0.408 e. The molecule has 1 aliphatic rings. The number of oxazole rings is 1. The molecule has 3 N–H and O–H groups in total. The van der Waals surface area contributed by atoms with Gasteiger partial charge >= 0.3 is 5.76 Å². The number of fused-ring (bicyclic) bond motifs is 1. The van der Waals surface area contributed by atoms with Crippen molar-refractivity contribution < 1.29 is 14.0 Å². The predicted octanol–water partition coefficient (Wildman–Crippen LogP) is 1.37. The first-order chi connectivity index (χ1) is 10.6. The lowest BCUT2D eigenvalue weighted by Crippen LogP contribution is -2.26. The van der Waals surface area contributed by atoms with Gasteiger partial charge in [0.05, 0.1) is 5.52 Å². The Morgan fingerprint density at radius 1 is 1.32 bits per heavy atom. The maximum absolute atomic E-state index is 11.8. The van der Waals surface area contributed by atoms with Crippen LogP contribution in [0.2, 0.25) is 0 Å². The molecule has 22 heavy (non-hydrogen) atoms. The maximum atomic E-state index is 11.8. The van der Waals surface area contributed by atoms with Gasteiger partial charge in [-0.2, -0.15) is 0 Å². The molecule has 0 unspecified atom stereocenters. The number of aromatic amines is 1. The van der Waals surface area contributed by atoms with E-state index in [0.717, 1.165) is 12.8 Å². The van der Waals surface area contributed by atoms with Gasteiger partial charge in [-0.05, 0) is 37.5 Å². The second kappa shape index (κ2) is 6.05. The molecule has 3 rings (SSSR count). The van der Waals surface area contributed by atoms with E-state index in [1.54, 1.807) is 18.2 Å². The highest BCUT2D eigenvalue weighted by Gasteiger charge is 2.28. The molecule has 116 valence electrons. The first-order valence-electron chi connectivity index (χ1n) is 7.32. The summed E-state index contributed by atoms with van der Waals surface area (Å²) in [6, 6.07) is 4.94. The molecule has 1 aromatic carbocycles. The number of H-pyrrole nitrogens is 1. The van der Waals surface area contributed by atoms with Crippen molar-refractivity contribution in [3.8, 4) is 0 Å². The highest BCUT2D eigenvalue weighted by Crippen LogP contribution is 2.28. The number of rotatable bonds is 6. The Labute approximate surface area is 126 Å². The van der Waals surface area contributed by atoms with E-state index in [9.17, 15) is 14.4 Å².